The average Bonchev–Trinajstić information content (AvgIpc) is 2.93. The van der Waals surface area contributed by atoms with Gasteiger partial charge in [-0.2, -0.15) is 0 Å². The summed E-state index contributed by atoms with van der Waals surface area (Å²) in [6.07, 6.45) is 3.82. The Morgan fingerprint density at radius 2 is 1.80 bits per heavy atom. The summed E-state index contributed by atoms with van der Waals surface area (Å²) in [5.41, 5.74) is 1.15. The van der Waals surface area contributed by atoms with E-state index < -0.39 is 0 Å². The van der Waals surface area contributed by atoms with Crippen molar-refractivity contribution in [3.63, 3.8) is 0 Å². The number of piperidine rings is 1. The zero-order chi connectivity index (χ0) is 13.8. The minimum atomic E-state index is 0.985. The van der Waals surface area contributed by atoms with Gasteiger partial charge in [-0.05, 0) is 37.1 Å². The van der Waals surface area contributed by atoms with Gasteiger partial charge in [0.2, 0.25) is 5.95 Å². The maximum absolute atomic E-state index is 4.45. The SMILES string of the molecule is CCSc1nnc(N2CCCCC2)n1-c1ccccc1. The molecule has 3 rings (SSSR count). The predicted molar refractivity (Wildman–Crippen MR) is 83.8 cm³/mol. The molecular weight excluding hydrogens is 268 g/mol. The van der Waals surface area contributed by atoms with Gasteiger partial charge in [-0.1, -0.05) is 36.9 Å². The van der Waals surface area contributed by atoms with E-state index in [2.05, 4.69) is 50.9 Å². The van der Waals surface area contributed by atoms with Crippen LogP contribution in [0.15, 0.2) is 35.5 Å². The lowest BCUT2D eigenvalue weighted by Gasteiger charge is -2.27. The number of hydrogen-bond acceptors (Lipinski definition) is 4. The Morgan fingerprint density at radius 1 is 1.05 bits per heavy atom. The van der Waals surface area contributed by atoms with Crippen LogP contribution in [-0.4, -0.2) is 33.6 Å². The van der Waals surface area contributed by atoms with Crippen LogP contribution in [0.5, 0.6) is 0 Å². The van der Waals surface area contributed by atoms with Crippen LogP contribution in [0.2, 0.25) is 0 Å². The van der Waals surface area contributed by atoms with Crippen molar-refractivity contribution in [3.8, 4) is 5.69 Å². The smallest absolute Gasteiger partial charge is 0.232 e. The van der Waals surface area contributed by atoms with Crippen LogP contribution in [0.3, 0.4) is 0 Å². The van der Waals surface area contributed by atoms with Gasteiger partial charge in [-0.3, -0.25) is 4.57 Å². The molecule has 0 atom stereocenters. The van der Waals surface area contributed by atoms with E-state index in [9.17, 15) is 0 Å². The molecule has 1 fully saturated rings. The first kappa shape index (κ1) is 13.5. The third-order valence-corrected chi connectivity index (χ3v) is 4.35. The lowest BCUT2D eigenvalue weighted by molar-refractivity contribution is 0.564. The monoisotopic (exact) mass is 288 g/mol. The molecule has 1 aromatic heterocycles. The summed E-state index contributed by atoms with van der Waals surface area (Å²) in [6, 6.07) is 10.4. The molecule has 1 aliphatic rings. The van der Waals surface area contributed by atoms with Crippen molar-refractivity contribution in [1.29, 1.82) is 0 Å². The third kappa shape index (κ3) is 2.68. The maximum atomic E-state index is 4.45. The number of hydrogen-bond donors (Lipinski definition) is 0. The number of para-hydroxylation sites is 1. The Balaban J connectivity index is 2.01. The molecule has 2 aromatic rings. The highest BCUT2D eigenvalue weighted by Crippen LogP contribution is 2.27. The molecule has 4 nitrogen and oxygen atoms in total. The molecule has 106 valence electrons. The van der Waals surface area contributed by atoms with E-state index in [0.29, 0.717) is 0 Å². The van der Waals surface area contributed by atoms with E-state index in [1.165, 1.54) is 19.3 Å². The summed E-state index contributed by atoms with van der Waals surface area (Å²) in [6.45, 7) is 4.32. The van der Waals surface area contributed by atoms with E-state index >= 15 is 0 Å². The number of anilines is 1. The molecule has 5 heteroatoms. The molecule has 1 aliphatic heterocycles. The van der Waals surface area contributed by atoms with Crippen LogP contribution in [0, 0.1) is 0 Å². The normalized spacial score (nSPS) is 15.6. The minimum Gasteiger partial charge on any atom is -0.341 e. The standard InChI is InChI=1S/C15H20N4S/c1-2-20-15-17-16-14(18-11-7-4-8-12-18)19(15)13-9-5-3-6-10-13/h3,5-6,9-10H,2,4,7-8,11-12H2,1H3. The van der Waals surface area contributed by atoms with Crippen molar-refractivity contribution in [3.05, 3.63) is 30.3 Å². The molecule has 0 bridgehead atoms. The highest BCUT2D eigenvalue weighted by Gasteiger charge is 2.20. The zero-order valence-electron chi connectivity index (χ0n) is 11.8. The zero-order valence-corrected chi connectivity index (χ0v) is 12.6. The average molecular weight is 288 g/mol. The summed E-state index contributed by atoms with van der Waals surface area (Å²) >= 11 is 1.74. The molecule has 0 saturated carbocycles. The molecular formula is C15H20N4S. The van der Waals surface area contributed by atoms with Gasteiger partial charge in [0.25, 0.3) is 0 Å². The van der Waals surface area contributed by atoms with Crippen molar-refractivity contribution in [2.45, 2.75) is 31.3 Å². The van der Waals surface area contributed by atoms with Gasteiger partial charge >= 0.3 is 0 Å². The minimum absolute atomic E-state index is 0.985. The molecule has 0 amide bonds. The van der Waals surface area contributed by atoms with E-state index in [-0.39, 0.29) is 0 Å². The molecule has 0 spiro atoms. The highest BCUT2D eigenvalue weighted by atomic mass is 32.2. The van der Waals surface area contributed by atoms with Gasteiger partial charge in [-0.15, -0.1) is 10.2 Å². The highest BCUT2D eigenvalue weighted by molar-refractivity contribution is 7.99. The van der Waals surface area contributed by atoms with E-state index in [1.807, 2.05) is 6.07 Å². The summed E-state index contributed by atoms with van der Waals surface area (Å²) in [4.78, 5) is 2.36. The topological polar surface area (TPSA) is 34.0 Å². The second-order valence-corrected chi connectivity index (χ2v) is 6.17. The number of thioether (sulfide) groups is 1. The second-order valence-electron chi connectivity index (χ2n) is 4.93. The second kappa shape index (κ2) is 6.31. The molecule has 0 radical (unpaired) electrons. The molecule has 1 saturated heterocycles. The molecule has 0 N–H and O–H groups in total. The molecule has 0 aliphatic carbocycles. The summed E-state index contributed by atoms with van der Waals surface area (Å²) in [5.74, 6) is 2.00. The van der Waals surface area contributed by atoms with Gasteiger partial charge in [0, 0.05) is 13.1 Å². The van der Waals surface area contributed by atoms with Crippen molar-refractivity contribution < 1.29 is 0 Å². The van der Waals surface area contributed by atoms with Crippen LogP contribution >= 0.6 is 11.8 Å². The lowest BCUT2D eigenvalue weighted by atomic mass is 10.1. The quantitative estimate of drug-likeness (QED) is 0.808. The van der Waals surface area contributed by atoms with Gasteiger partial charge in [0.15, 0.2) is 5.16 Å². The molecule has 1 aromatic carbocycles. The largest absolute Gasteiger partial charge is 0.341 e. The van der Waals surface area contributed by atoms with Crippen molar-refractivity contribution in [2.75, 3.05) is 23.7 Å². The fourth-order valence-corrected chi connectivity index (χ4v) is 3.26. The van der Waals surface area contributed by atoms with Crippen LogP contribution in [0.25, 0.3) is 5.69 Å². The van der Waals surface area contributed by atoms with Gasteiger partial charge < -0.3 is 4.90 Å². The van der Waals surface area contributed by atoms with Gasteiger partial charge in [0.1, 0.15) is 0 Å². The first-order valence-corrected chi connectivity index (χ1v) is 8.27. The fraction of sp³-hybridized carbons (Fsp3) is 0.467. The first-order valence-electron chi connectivity index (χ1n) is 7.28. The maximum Gasteiger partial charge on any atom is 0.232 e. The van der Waals surface area contributed by atoms with Crippen LogP contribution in [0.1, 0.15) is 26.2 Å². The van der Waals surface area contributed by atoms with Crippen LogP contribution in [-0.2, 0) is 0 Å². The predicted octanol–water partition coefficient (Wildman–Crippen LogP) is 3.37. The lowest BCUT2D eigenvalue weighted by Crippen LogP contribution is -2.31. The Kier molecular flexibility index (Phi) is 4.25. The van der Waals surface area contributed by atoms with E-state index in [4.69, 9.17) is 0 Å². The van der Waals surface area contributed by atoms with Crippen molar-refractivity contribution >= 4 is 17.7 Å². The number of benzene rings is 1. The molecule has 20 heavy (non-hydrogen) atoms. The molecule has 2 heterocycles. The Labute approximate surface area is 124 Å². The summed E-state index contributed by atoms with van der Waals surface area (Å²) < 4.78 is 2.19. The number of nitrogens with zero attached hydrogens (tertiary/aromatic N) is 4. The Hall–Kier alpha value is -1.49. The van der Waals surface area contributed by atoms with Crippen molar-refractivity contribution in [2.24, 2.45) is 0 Å². The van der Waals surface area contributed by atoms with Crippen molar-refractivity contribution in [1.82, 2.24) is 14.8 Å². The van der Waals surface area contributed by atoms with Gasteiger partial charge in [-0.25, -0.2) is 0 Å². The summed E-state index contributed by atoms with van der Waals surface area (Å²) in [5, 5.41) is 9.83. The number of rotatable bonds is 4. The van der Waals surface area contributed by atoms with Gasteiger partial charge in [0.05, 0.1) is 5.69 Å². The fourth-order valence-electron chi connectivity index (χ4n) is 2.59. The first-order chi connectivity index (χ1) is 9.90. The molecule has 0 unspecified atom stereocenters. The number of aromatic nitrogens is 3. The van der Waals surface area contributed by atoms with E-state index in [1.54, 1.807) is 11.8 Å². The van der Waals surface area contributed by atoms with Crippen LogP contribution in [0.4, 0.5) is 5.95 Å². The Morgan fingerprint density at radius 3 is 2.50 bits per heavy atom. The van der Waals surface area contributed by atoms with E-state index in [0.717, 1.165) is 35.6 Å². The third-order valence-electron chi connectivity index (χ3n) is 3.54. The van der Waals surface area contributed by atoms with Crippen LogP contribution < -0.4 is 4.90 Å². The summed E-state index contributed by atoms with van der Waals surface area (Å²) in [7, 11) is 0. The Bertz CT molecular complexity index is 546.